The first kappa shape index (κ1) is 22.0. The van der Waals surface area contributed by atoms with Crippen LogP contribution in [0.25, 0.3) is 16.7 Å². The van der Waals surface area contributed by atoms with Crippen molar-refractivity contribution >= 4 is 28.5 Å². The lowest BCUT2D eigenvalue weighted by Crippen LogP contribution is -2.36. The van der Waals surface area contributed by atoms with E-state index in [1.165, 1.54) is 12.8 Å². The zero-order valence-electron chi connectivity index (χ0n) is 20.3. The van der Waals surface area contributed by atoms with E-state index in [-0.39, 0.29) is 11.9 Å². The van der Waals surface area contributed by atoms with Gasteiger partial charge in [0.2, 0.25) is 5.95 Å². The maximum atomic E-state index is 15.0. The zero-order valence-corrected chi connectivity index (χ0v) is 20.3. The van der Waals surface area contributed by atoms with Crippen LogP contribution in [0.3, 0.4) is 0 Å². The van der Waals surface area contributed by atoms with Crippen LogP contribution in [0, 0.1) is 5.92 Å². The molecular weight excluding hydrogens is 439 g/mol. The van der Waals surface area contributed by atoms with Gasteiger partial charge in [-0.2, -0.15) is 9.97 Å². The molecule has 3 aromatic rings. The third-order valence-corrected chi connectivity index (χ3v) is 7.32. The normalized spacial score (nSPS) is 19.7. The standard InChI is InChI=1S/C28H31FN6/c1-17(2)14-15-30-28-33-26(25-27(34-28)35(16-31-25)19-10-6-7-11-19)32-24-21-13-12-20(22(24)23(21)29)18-8-4-3-5-9-18/h3-5,8-9,12-13,16-17,19,24H,6-7,10-11,14-15H2,1-2H3,(H2,30,32,33,34). The van der Waals surface area contributed by atoms with Gasteiger partial charge in [0.05, 0.1) is 12.4 Å². The summed E-state index contributed by atoms with van der Waals surface area (Å²) < 4.78 is 17.2. The Labute approximate surface area is 205 Å². The van der Waals surface area contributed by atoms with E-state index in [9.17, 15) is 0 Å². The van der Waals surface area contributed by atoms with Gasteiger partial charge in [-0.3, -0.25) is 0 Å². The molecular formula is C28H31FN6. The molecule has 2 aromatic heterocycles. The van der Waals surface area contributed by atoms with Gasteiger partial charge in [-0.1, -0.05) is 69.2 Å². The van der Waals surface area contributed by atoms with Crippen molar-refractivity contribution in [3.05, 3.63) is 71.3 Å². The number of halogens is 1. The lowest BCUT2D eigenvalue weighted by atomic mass is 9.74. The van der Waals surface area contributed by atoms with Crippen molar-refractivity contribution in [3.8, 4) is 0 Å². The van der Waals surface area contributed by atoms with Crippen LogP contribution in [0.1, 0.15) is 57.6 Å². The monoisotopic (exact) mass is 470 g/mol. The lowest BCUT2D eigenvalue weighted by molar-refractivity contribution is 0.529. The Hall–Kier alpha value is -3.48. The van der Waals surface area contributed by atoms with Crippen LogP contribution in [-0.4, -0.2) is 32.1 Å². The largest absolute Gasteiger partial charge is 0.357 e. The van der Waals surface area contributed by atoms with Gasteiger partial charge in [-0.25, -0.2) is 9.37 Å². The molecule has 0 radical (unpaired) electrons. The molecule has 1 fully saturated rings. The molecule has 2 bridgehead atoms. The summed E-state index contributed by atoms with van der Waals surface area (Å²) >= 11 is 0. The molecule has 0 aliphatic heterocycles. The molecule has 0 saturated heterocycles. The SMILES string of the molecule is CC(C)CCNc1nc(NC2c3ccc(-c4ccccc4)c2c3F)c2ncn(C3CCCC3)c2n1. The molecule has 6 rings (SSSR count). The Kier molecular flexibility index (Phi) is 5.63. The highest BCUT2D eigenvalue weighted by atomic mass is 19.1. The fourth-order valence-electron chi connectivity index (χ4n) is 5.37. The van der Waals surface area contributed by atoms with E-state index in [1.807, 2.05) is 48.8 Å². The number of aromatic nitrogens is 4. The molecule has 2 N–H and O–H groups in total. The Morgan fingerprint density at radius 3 is 2.63 bits per heavy atom. The highest BCUT2D eigenvalue weighted by Crippen LogP contribution is 2.48. The minimum Gasteiger partial charge on any atom is -0.357 e. The second kappa shape index (κ2) is 8.95. The van der Waals surface area contributed by atoms with Crippen LogP contribution in [0.4, 0.5) is 16.2 Å². The van der Waals surface area contributed by atoms with Crippen molar-refractivity contribution in [1.29, 1.82) is 0 Å². The highest BCUT2D eigenvalue weighted by Gasteiger charge is 2.41. The molecule has 180 valence electrons. The second-order valence-corrected chi connectivity index (χ2v) is 10.1. The summed E-state index contributed by atoms with van der Waals surface area (Å²) in [4.78, 5) is 14.4. The average molecular weight is 471 g/mol. The molecule has 1 saturated carbocycles. The number of hydrogen-bond donors (Lipinski definition) is 2. The molecule has 0 spiro atoms. The predicted octanol–water partition coefficient (Wildman–Crippen LogP) is 6.44. The van der Waals surface area contributed by atoms with Gasteiger partial charge in [0.15, 0.2) is 17.0 Å². The number of hydrogen-bond acceptors (Lipinski definition) is 5. The number of nitrogens with zero attached hydrogens (tertiary/aromatic N) is 4. The number of imidazole rings is 1. The molecule has 7 heteroatoms. The van der Waals surface area contributed by atoms with E-state index in [4.69, 9.17) is 15.0 Å². The summed E-state index contributed by atoms with van der Waals surface area (Å²) in [6.07, 6.45) is 11.6. The topological polar surface area (TPSA) is 67.7 Å². The fraction of sp³-hybridized carbons (Fsp3) is 0.393. The number of anilines is 2. The maximum absolute atomic E-state index is 15.0. The van der Waals surface area contributed by atoms with Gasteiger partial charge in [0.1, 0.15) is 5.83 Å². The molecule has 2 heterocycles. The van der Waals surface area contributed by atoms with Crippen LogP contribution in [0.5, 0.6) is 0 Å². The summed E-state index contributed by atoms with van der Waals surface area (Å²) in [5, 5.41) is 6.93. The first-order valence-electron chi connectivity index (χ1n) is 12.7. The molecule has 3 aliphatic rings. The molecule has 1 atom stereocenters. The van der Waals surface area contributed by atoms with E-state index in [0.717, 1.165) is 48.1 Å². The molecule has 1 aromatic carbocycles. The Morgan fingerprint density at radius 1 is 1.09 bits per heavy atom. The number of allylic oxidation sites excluding steroid dienone is 2. The number of nitrogens with one attached hydrogen (secondary N) is 2. The van der Waals surface area contributed by atoms with Crippen LogP contribution >= 0.6 is 0 Å². The van der Waals surface area contributed by atoms with Crippen molar-refractivity contribution < 1.29 is 4.39 Å². The zero-order chi connectivity index (χ0) is 23.9. The van der Waals surface area contributed by atoms with Crippen molar-refractivity contribution in [2.24, 2.45) is 5.92 Å². The summed E-state index contributed by atoms with van der Waals surface area (Å²) in [7, 11) is 0. The van der Waals surface area contributed by atoms with Gasteiger partial charge in [-0.15, -0.1) is 0 Å². The quantitative estimate of drug-likeness (QED) is 0.396. The Balaban J connectivity index is 1.35. The minimum atomic E-state index is -0.256. The van der Waals surface area contributed by atoms with E-state index in [1.54, 1.807) is 0 Å². The van der Waals surface area contributed by atoms with Crippen molar-refractivity contribution in [2.45, 2.75) is 58.0 Å². The van der Waals surface area contributed by atoms with Gasteiger partial charge in [0, 0.05) is 23.7 Å². The minimum absolute atomic E-state index is 0.138. The van der Waals surface area contributed by atoms with Crippen molar-refractivity contribution in [3.63, 3.8) is 0 Å². The van der Waals surface area contributed by atoms with E-state index in [0.29, 0.717) is 34.9 Å². The first-order chi connectivity index (χ1) is 17.1. The summed E-state index contributed by atoms with van der Waals surface area (Å²) in [6, 6.07) is 10.1. The molecule has 0 amide bonds. The summed E-state index contributed by atoms with van der Waals surface area (Å²) in [5.41, 5.74) is 4.85. The van der Waals surface area contributed by atoms with E-state index < -0.39 is 0 Å². The van der Waals surface area contributed by atoms with Crippen molar-refractivity contribution in [1.82, 2.24) is 19.5 Å². The first-order valence-corrected chi connectivity index (χ1v) is 12.7. The lowest BCUT2D eigenvalue weighted by Gasteiger charge is -2.37. The highest BCUT2D eigenvalue weighted by molar-refractivity contribution is 5.93. The number of rotatable bonds is 8. The summed E-state index contributed by atoms with van der Waals surface area (Å²) in [6.45, 7) is 5.21. The van der Waals surface area contributed by atoms with Gasteiger partial charge < -0.3 is 15.2 Å². The third-order valence-electron chi connectivity index (χ3n) is 7.32. The van der Waals surface area contributed by atoms with Gasteiger partial charge >= 0.3 is 0 Å². The van der Waals surface area contributed by atoms with Crippen LogP contribution in [0.15, 0.2) is 65.8 Å². The average Bonchev–Trinajstić information content (AvgIpc) is 3.54. The summed E-state index contributed by atoms with van der Waals surface area (Å²) in [5.74, 6) is 1.69. The number of benzene rings is 1. The van der Waals surface area contributed by atoms with Gasteiger partial charge in [-0.05, 0) is 36.3 Å². The van der Waals surface area contributed by atoms with Crippen LogP contribution in [-0.2, 0) is 0 Å². The third kappa shape index (κ3) is 3.93. The van der Waals surface area contributed by atoms with Crippen molar-refractivity contribution in [2.75, 3.05) is 17.2 Å². The molecule has 35 heavy (non-hydrogen) atoms. The number of fused-ring (bicyclic) bond motifs is 3. The smallest absolute Gasteiger partial charge is 0.226 e. The van der Waals surface area contributed by atoms with Gasteiger partial charge in [0.25, 0.3) is 0 Å². The fourth-order valence-corrected chi connectivity index (χ4v) is 5.37. The molecule has 6 nitrogen and oxygen atoms in total. The van der Waals surface area contributed by atoms with E-state index >= 15 is 4.39 Å². The predicted molar refractivity (Wildman–Crippen MR) is 139 cm³/mol. The molecule has 3 aliphatic carbocycles. The van der Waals surface area contributed by atoms with Crippen LogP contribution in [0.2, 0.25) is 0 Å². The molecule has 1 unspecified atom stereocenters. The maximum Gasteiger partial charge on any atom is 0.226 e. The van der Waals surface area contributed by atoms with E-state index in [2.05, 4.69) is 29.0 Å². The Morgan fingerprint density at radius 2 is 1.89 bits per heavy atom. The van der Waals surface area contributed by atoms with Crippen LogP contribution < -0.4 is 10.6 Å². The Bertz CT molecular complexity index is 1340. The second-order valence-electron chi connectivity index (χ2n) is 10.1.